The fourth-order valence-electron chi connectivity index (χ4n) is 3.70. The van der Waals surface area contributed by atoms with Crippen molar-refractivity contribution in [3.63, 3.8) is 0 Å². The zero-order valence-electron chi connectivity index (χ0n) is 18.5. The molecular weight excluding hydrogens is 456 g/mol. The van der Waals surface area contributed by atoms with Crippen molar-refractivity contribution in [2.45, 2.75) is 19.4 Å². The summed E-state index contributed by atoms with van der Waals surface area (Å²) in [7, 11) is 0. The van der Waals surface area contributed by atoms with Crippen molar-refractivity contribution in [3.8, 4) is 22.9 Å². The summed E-state index contributed by atoms with van der Waals surface area (Å²) in [6, 6.07) is 11.1. The molecule has 11 heteroatoms. The van der Waals surface area contributed by atoms with E-state index in [9.17, 15) is 10.1 Å². The number of aromatic amines is 1. The summed E-state index contributed by atoms with van der Waals surface area (Å²) < 4.78 is 7.34. The predicted octanol–water partition coefficient (Wildman–Crippen LogP) is 2.63. The van der Waals surface area contributed by atoms with Gasteiger partial charge in [-0.2, -0.15) is 15.5 Å². The highest BCUT2D eigenvalue weighted by atomic mass is 35.5. The number of fused-ring (bicyclic) bond motifs is 1. The van der Waals surface area contributed by atoms with Crippen molar-refractivity contribution in [1.82, 2.24) is 24.8 Å². The topological polar surface area (TPSA) is 138 Å². The molecule has 1 unspecified atom stereocenters. The van der Waals surface area contributed by atoms with Crippen LogP contribution >= 0.6 is 11.6 Å². The van der Waals surface area contributed by atoms with Gasteiger partial charge in [0.05, 0.1) is 30.1 Å². The number of H-pyrrole nitrogens is 1. The normalized spacial score (nSPS) is 15.0. The second-order valence-corrected chi connectivity index (χ2v) is 8.02. The van der Waals surface area contributed by atoms with Crippen LogP contribution in [0.15, 0.2) is 53.7 Å². The van der Waals surface area contributed by atoms with Gasteiger partial charge in [0.2, 0.25) is 0 Å². The molecule has 4 aromatic heterocycles. The van der Waals surface area contributed by atoms with E-state index in [0.717, 1.165) is 42.0 Å². The lowest BCUT2D eigenvalue weighted by atomic mass is 10.1. The minimum atomic E-state index is -0.241. The molecule has 3 N–H and O–H groups in total. The van der Waals surface area contributed by atoms with Gasteiger partial charge in [-0.3, -0.25) is 4.79 Å². The van der Waals surface area contributed by atoms with Gasteiger partial charge in [-0.05, 0) is 37.6 Å². The monoisotopic (exact) mass is 478 g/mol. The molecule has 5 rings (SSSR count). The summed E-state index contributed by atoms with van der Waals surface area (Å²) in [4.78, 5) is 17.1. The van der Waals surface area contributed by atoms with E-state index in [4.69, 9.17) is 22.1 Å². The van der Waals surface area contributed by atoms with Crippen LogP contribution < -0.4 is 20.9 Å². The number of pyridine rings is 2. The molecule has 10 nitrogen and oxygen atoms in total. The van der Waals surface area contributed by atoms with Gasteiger partial charge in [0.1, 0.15) is 22.8 Å². The lowest BCUT2D eigenvalue weighted by Crippen LogP contribution is -2.26. The van der Waals surface area contributed by atoms with E-state index in [0.29, 0.717) is 23.1 Å². The largest absolute Gasteiger partial charge is 0.492 e. The van der Waals surface area contributed by atoms with Gasteiger partial charge in [-0.1, -0.05) is 11.6 Å². The molecular formula is C23H23ClN8O2. The molecule has 0 amide bonds. The SMILES string of the molecule is CCOc1cc(-c2ccc(N3CCC(N)C3)nc2)c2c(C#N)cnn2c1.O=c1ccc(Cl)n[nH]1. The first-order valence-electron chi connectivity index (χ1n) is 10.7. The third-order valence-corrected chi connectivity index (χ3v) is 5.48. The summed E-state index contributed by atoms with van der Waals surface area (Å²) in [5.41, 5.74) is 8.82. The maximum Gasteiger partial charge on any atom is 0.264 e. The molecule has 1 fully saturated rings. The number of nitrogens with two attached hydrogens (primary N) is 1. The second kappa shape index (κ2) is 10.3. The number of aromatic nitrogens is 5. The van der Waals surface area contributed by atoms with Crippen molar-refractivity contribution in [2.24, 2.45) is 5.73 Å². The molecule has 0 aromatic carbocycles. The molecule has 174 valence electrons. The van der Waals surface area contributed by atoms with Crippen molar-refractivity contribution >= 4 is 22.9 Å². The Bertz CT molecular complexity index is 1360. The van der Waals surface area contributed by atoms with E-state index in [1.807, 2.05) is 31.3 Å². The molecule has 1 atom stereocenters. The van der Waals surface area contributed by atoms with Gasteiger partial charge in [-0.25, -0.2) is 14.6 Å². The maximum absolute atomic E-state index is 10.2. The van der Waals surface area contributed by atoms with Gasteiger partial charge in [0, 0.05) is 42.5 Å². The molecule has 1 saturated heterocycles. The van der Waals surface area contributed by atoms with Gasteiger partial charge < -0.3 is 15.4 Å². The molecule has 0 radical (unpaired) electrons. The van der Waals surface area contributed by atoms with E-state index in [-0.39, 0.29) is 11.6 Å². The molecule has 0 aliphatic carbocycles. The Balaban J connectivity index is 0.000000291. The minimum absolute atomic E-state index is 0.212. The van der Waals surface area contributed by atoms with E-state index in [1.165, 1.54) is 12.1 Å². The molecule has 1 aliphatic rings. The van der Waals surface area contributed by atoms with Crippen LogP contribution in [0, 0.1) is 11.3 Å². The number of anilines is 1. The van der Waals surface area contributed by atoms with Crippen molar-refractivity contribution < 1.29 is 4.74 Å². The Hall–Kier alpha value is -3.94. The number of nitriles is 1. The lowest BCUT2D eigenvalue weighted by molar-refractivity contribution is 0.338. The highest BCUT2D eigenvalue weighted by molar-refractivity contribution is 6.29. The quantitative estimate of drug-likeness (QED) is 0.456. The molecule has 5 heterocycles. The summed E-state index contributed by atoms with van der Waals surface area (Å²) in [5.74, 6) is 1.63. The van der Waals surface area contributed by atoms with Gasteiger partial charge in [-0.15, -0.1) is 0 Å². The molecule has 0 spiro atoms. The van der Waals surface area contributed by atoms with E-state index < -0.39 is 0 Å². The zero-order chi connectivity index (χ0) is 24.1. The van der Waals surface area contributed by atoms with Crippen LogP contribution in [0.4, 0.5) is 5.82 Å². The average molecular weight is 479 g/mol. The van der Waals surface area contributed by atoms with Gasteiger partial charge in [0.25, 0.3) is 5.56 Å². The fourth-order valence-corrected chi connectivity index (χ4v) is 3.81. The first-order valence-corrected chi connectivity index (χ1v) is 11.1. The fraction of sp³-hybridized carbons (Fsp3) is 0.261. The second-order valence-electron chi connectivity index (χ2n) is 7.63. The van der Waals surface area contributed by atoms with E-state index >= 15 is 0 Å². The Kier molecular flexibility index (Phi) is 7.06. The summed E-state index contributed by atoms with van der Waals surface area (Å²) in [5, 5.41) is 19.6. The van der Waals surface area contributed by atoms with Crippen LogP contribution in [0.25, 0.3) is 16.6 Å². The predicted molar refractivity (Wildman–Crippen MR) is 129 cm³/mol. The highest BCUT2D eigenvalue weighted by Crippen LogP contribution is 2.31. The number of halogens is 1. The molecule has 1 aliphatic heterocycles. The molecule has 0 bridgehead atoms. The minimum Gasteiger partial charge on any atom is -0.492 e. The third kappa shape index (κ3) is 5.17. The summed E-state index contributed by atoms with van der Waals surface area (Å²) >= 11 is 5.33. The first-order chi connectivity index (χ1) is 16.5. The smallest absolute Gasteiger partial charge is 0.264 e. The van der Waals surface area contributed by atoms with Crippen LogP contribution in [-0.2, 0) is 0 Å². The van der Waals surface area contributed by atoms with E-state index in [2.05, 4.69) is 31.2 Å². The Morgan fingerprint density at radius 1 is 1.32 bits per heavy atom. The summed E-state index contributed by atoms with van der Waals surface area (Å²) in [6.45, 7) is 4.25. The Morgan fingerprint density at radius 3 is 2.76 bits per heavy atom. The standard InChI is InChI=1S/C19H20N6O.C4H3ClN2O/c1-2-26-16-7-17(19-14(8-20)10-23-25(19)12-16)13-3-4-18(22-9-13)24-6-5-15(21)11-24;5-3-1-2-4(8)7-6-3/h3-4,7,9-10,12,15H,2,5-6,11,21H2,1H3;1-2H,(H,7,8). The first kappa shape index (κ1) is 23.2. The Morgan fingerprint density at radius 2 is 2.18 bits per heavy atom. The number of hydrogen-bond donors (Lipinski definition) is 2. The van der Waals surface area contributed by atoms with Crippen LogP contribution in [-0.4, -0.2) is 50.5 Å². The van der Waals surface area contributed by atoms with Crippen LogP contribution in [0.3, 0.4) is 0 Å². The number of nitrogens with one attached hydrogen (secondary N) is 1. The van der Waals surface area contributed by atoms with Crippen molar-refractivity contribution in [3.05, 3.63) is 70.0 Å². The third-order valence-electron chi connectivity index (χ3n) is 5.27. The van der Waals surface area contributed by atoms with Crippen molar-refractivity contribution in [2.75, 3.05) is 24.6 Å². The van der Waals surface area contributed by atoms with Crippen LogP contribution in [0.2, 0.25) is 5.15 Å². The number of ether oxygens (including phenoxy) is 1. The number of nitrogens with zero attached hydrogens (tertiary/aromatic N) is 6. The maximum atomic E-state index is 10.2. The van der Waals surface area contributed by atoms with Gasteiger partial charge >= 0.3 is 0 Å². The molecule has 4 aromatic rings. The highest BCUT2D eigenvalue weighted by Gasteiger charge is 2.20. The zero-order valence-corrected chi connectivity index (χ0v) is 19.2. The van der Waals surface area contributed by atoms with Gasteiger partial charge in [0.15, 0.2) is 0 Å². The number of rotatable bonds is 4. The average Bonchev–Trinajstić information content (AvgIpc) is 3.47. The molecule has 0 saturated carbocycles. The number of hydrogen-bond acceptors (Lipinski definition) is 8. The van der Waals surface area contributed by atoms with Crippen LogP contribution in [0.5, 0.6) is 5.75 Å². The lowest BCUT2D eigenvalue weighted by Gasteiger charge is -2.17. The van der Waals surface area contributed by atoms with E-state index in [1.54, 1.807) is 16.9 Å². The van der Waals surface area contributed by atoms with Crippen molar-refractivity contribution in [1.29, 1.82) is 5.26 Å². The van der Waals surface area contributed by atoms with Crippen LogP contribution in [0.1, 0.15) is 18.9 Å². The summed E-state index contributed by atoms with van der Waals surface area (Å²) in [6.07, 6.45) is 6.18. The molecule has 34 heavy (non-hydrogen) atoms. The Labute approximate surface area is 200 Å².